The van der Waals surface area contributed by atoms with Crippen LogP contribution in [-0.2, 0) is 6.18 Å². The fourth-order valence-corrected chi connectivity index (χ4v) is 1.74. The number of anilines is 3. The SMILES string of the molecule is Cc1cc(F)c(Nc2ccc(C(F)(F)F)cc2N)cc1F. The predicted molar refractivity (Wildman–Crippen MR) is 70.2 cm³/mol. The highest BCUT2D eigenvalue weighted by Gasteiger charge is 2.30. The molecule has 21 heavy (non-hydrogen) atoms. The van der Waals surface area contributed by atoms with Crippen LogP contribution in [0.2, 0.25) is 0 Å². The van der Waals surface area contributed by atoms with Crippen molar-refractivity contribution >= 4 is 17.1 Å². The molecule has 0 aliphatic carbocycles. The van der Waals surface area contributed by atoms with E-state index in [1.54, 1.807) is 0 Å². The van der Waals surface area contributed by atoms with Gasteiger partial charge in [-0.25, -0.2) is 8.78 Å². The molecule has 0 saturated carbocycles. The van der Waals surface area contributed by atoms with E-state index in [9.17, 15) is 22.0 Å². The van der Waals surface area contributed by atoms with Crippen molar-refractivity contribution in [2.75, 3.05) is 11.1 Å². The van der Waals surface area contributed by atoms with Crippen LogP contribution in [0.1, 0.15) is 11.1 Å². The van der Waals surface area contributed by atoms with Crippen LogP contribution < -0.4 is 11.1 Å². The summed E-state index contributed by atoms with van der Waals surface area (Å²) in [6, 6.07) is 4.50. The molecule has 2 nitrogen and oxygen atoms in total. The first-order chi connectivity index (χ1) is 9.68. The highest BCUT2D eigenvalue weighted by atomic mass is 19.4. The highest BCUT2D eigenvalue weighted by Crippen LogP contribution is 2.34. The molecule has 0 saturated heterocycles. The summed E-state index contributed by atoms with van der Waals surface area (Å²) >= 11 is 0. The monoisotopic (exact) mass is 302 g/mol. The first-order valence-electron chi connectivity index (χ1n) is 5.88. The molecule has 0 radical (unpaired) electrons. The lowest BCUT2D eigenvalue weighted by Gasteiger charge is -2.13. The third-order valence-electron chi connectivity index (χ3n) is 2.90. The van der Waals surface area contributed by atoms with E-state index < -0.39 is 23.4 Å². The lowest BCUT2D eigenvalue weighted by atomic mass is 10.1. The third-order valence-corrected chi connectivity index (χ3v) is 2.90. The van der Waals surface area contributed by atoms with E-state index in [4.69, 9.17) is 5.73 Å². The van der Waals surface area contributed by atoms with E-state index in [0.717, 1.165) is 30.3 Å². The molecule has 0 bridgehead atoms. The maximum absolute atomic E-state index is 13.7. The van der Waals surface area contributed by atoms with Crippen LogP contribution >= 0.6 is 0 Å². The van der Waals surface area contributed by atoms with Crippen LogP contribution in [0.15, 0.2) is 30.3 Å². The normalized spacial score (nSPS) is 11.5. The molecule has 0 aliphatic heterocycles. The van der Waals surface area contributed by atoms with Gasteiger partial charge >= 0.3 is 6.18 Å². The maximum Gasteiger partial charge on any atom is 0.416 e. The summed E-state index contributed by atoms with van der Waals surface area (Å²) in [4.78, 5) is 0. The zero-order valence-corrected chi connectivity index (χ0v) is 10.9. The number of alkyl halides is 3. The fraction of sp³-hybridized carbons (Fsp3) is 0.143. The van der Waals surface area contributed by atoms with E-state index >= 15 is 0 Å². The second-order valence-electron chi connectivity index (χ2n) is 4.51. The van der Waals surface area contributed by atoms with Crippen LogP contribution in [0.3, 0.4) is 0 Å². The number of rotatable bonds is 2. The van der Waals surface area contributed by atoms with Gasteiger partial charge in [-0.05, 0) is 36.8 Å². The molecule has 112 valence electrons. The topological polar surface area (TPSA) is 38.0 Å². The minimum absolute atomic E-state index is 0.0603. The summed E-state index contributed by atoms with van der Waals surface area (Å²) in [5, 5.41) is 2.48. The van der Waals surface area contributed by atoms with Gasteiger partial charge in [0.05, 0.1) is 22.6 Å². The average molecular weight is 302 g/mol. The van der Waals surface area contributed by atoms with Gasteiger partial charge in [-0.2, -0.15) is 13.2 Å². The van der Waals surface area contributed by atoms with Crippen molar-refractivity contribution in [3.63, 3.8) is 0 Å². The minimum atomic E-state index is -4.52. The Labute approximate surface area is 117 Å². The lowest BCUT2D eigenvalue weighted by Crippen LogP contribution is -2.07. The minimum Gasteiger partial charge on any atom is -0.397 e. The maximum atomic E-state index is 13.7. The standard InChI is InChI=1S/C14H11F5N2/c1-7-4-10(16)13(6-9(7)15)21-12-3-2-8(5-11(12)20)14(17,18)19/h2-6,21H,20H2,1H3. The van der Waals surface area contributed by atoms with E-state index in [1.807, 2.05) is 0 Å². The molecule has 0 heterocycles. The molecular formula is C14H11F5N2. The van der Waals surface area contributed by atoms with E-state index in [2.05, 4.69) is 5.32 Å². The van der Waals surface area contributed by atoms with Crippen molar-refractivity contribution in [2.45, 2.75) is 13.1 Å². The number of aryl methyl sites for hydroxylation is 1. The summed E-state index contributed by atoms with van der Waals surface area (Å²) in [6.07, 6.45) is -4.52. The molecule has 0 aromatic heterocycles. The van der Waals surface area contributed by atoms with Gasteiger partial charge in [0.2, 0.25) is 0 Å². The van der Waals surface area contributed by atoms with Crippen LogP contribution in [0, 0.1) is 18.6 Å². The Bertz CT molecular complexity index is 680. The van der Waals surface area contributed by atoms with Crippen LogP contribution in [0.4, 0.5) is 39.0 Å². The number of nitrogens with two attached hydrogens (primary N) is 1. The fourth-order valence-electron chi connectivity index (χ4n) is 1.74. The molecule has 0 atom stereocenters. The van der Waals surface area contributed by atoms with Crippen molar-refractivity contribution < 1.29 is 22.0 Å². The number of nitrogen functional groups attached to an aromatic ring is 1. The van der Waals surface area contributed by atoms with Crippen molar-refractivity contribution in [1.29, 1.82) is 0 Å². The molecule has 2 aromatic rings. The van der Waals surface area contributed by atoms with Crippen LogP contribution in [-0.4, -0.2) is 0 Å². The van der Waals surface area contributed by atoms with Crippen molar-refractivity contribution in [3.8, 4) is 0 Å². The number of hydrogen-bond donors (Lipinski definition) is 2. The number of nitrogens with one attached hydrogen (secondary N) is 1. The van der Waals surface area contributed by atoms with E-state index in [0.29, 0.717) is 0 Å². The summed E-state index contributed by atoms with van der Waals surface area (Å²) in [5.41, 5.74) is 4.35. The Morgan fingerprint density at radius 3 is 2.19 bits per heavy atom. The summed E-state index contributed by atoms with van der Waals surface area (Å²) in [5.74, 6) is -1.36. The Hall–Kier alpha value is -2.31. The van der Waals surface area contributed by atoms with E-state index in [1.165, 1.54) is 6.92 Å². The smallest absolute Gasteiger partial charge is 0.397 e. The number of halogens is 5. The second kappa shape index (κ2) is 5.23. The van der Waals surface area contributed by atoms with Gasteiger partial charge in [-0.3, -0.25) is 0 Å². The summed E-state index contributed by atoms with van der Waals surface area (Å²) < 4.78 is 64.6. The first-order valence-corrected chi connectivity index (χ1v) is 5.88. The molecule has 0 unspecified atom stereocenters. The van der Waals surface area contributed by atoms with Crippen molar-refractivity contribution in [2.24, 2.45) is 0 Å². The van der Waals surface area contributed by atoms with Crippen molar-refractivity contribution in [1.82, 2.24) is 0 Å². The van der Waals surface area contributed by atoms with Gasteiger partial charge in [-0.1, -0.05) is 0 Å². The predicted octanol–water partition coefficient (Wildman–Crippen LogP) is 4.62. The molecule has 3 N–H and O–H groups in total. The van der Waals surface area contributed by atoms with Crippen molar-refractivity contribution in [3.05, 3.63) is 53.1 Å². The molecule has 2 aromatic carbocycles. The average Bonchev–Trinajstić information content (AvgIpc) is 2.36. The third kappa shape index (κ3) is 3.24. The lowest BCUT2D eigenvalue weighted by molar-refractivity contribution is -0.137. The number of benzene rings is 2. The largest absolute Gasteiger partial charge is 0.416 e. The molecule has 2 rings (SSSR count). The van der Waals surface area contributed by atoms with Gasteiger partial charge in [0, 0.05) is 6.07 Å². The number of hydrogen-bond acceptors (Lipinski definition) is 2. The Kier molecular flexibility index (Phi) is 3.76. The zero-order chi connectivity index (χ0) is 15.8. The Balaban J connectivity index is 2.35. The second-order valence-corrected chi connectivity index (χ2v) is 4.51. The summed E-state index contributed by atoms with van der Waals surface area (Å²) in [7, 11) is 0. The molecule has 0 fully saturated rings. The van der Waals surface area contributed by atoms with Gasteiger partial charge in [-0.15, -0.1) is 0 Å². The molecular weight excluding hydrogens is 291 g/mol. The quantitative estimate of drug-likeness (QED) is 0.627. The van der Waals surface area contributed by atoms with Crippen LogP contribution in [0.25, 0.3) is 0 Å². The highest BCUT2D eigenvalue weighted by molar-refractivity contribution is 5.73. The molecule has 0 spiro atoms. The van der Waals surface area contributed by atoms with Gasteiger partial charge < -0.3 is 11.1 Å². The summed E-state index contributed by atoms with van der Waals surface area (Å²) in [6.45, 7) is 1.40. The molecule has 7 heteroatoms. The van der Waals surface area contributed by atoms with Gasteiger partial charge in [0.1, 0.15) is 11.6 Å². The Morgan fingerprint density at radius 1 is 0.952 bits per heavy atom. The molecule has 0 amide bonds. The van der Waals surface area contributed by atoms with Crippen LogP contribution in [0.5, 0.6) is 0 Å². The van der Waals surface area contributed by atoms with E-state index in [-0.39, 0.29) is 22.6 Å². The molecule has 0 aliphatic rings. The zero-order valence-electron chi connectivity index (χ0n) is 10.9. The van der Waals surface area contributed by atoms with Gasteiger partial charge in [0.25, 0.3) is 0 Å². The van der Waals surface area contributed by atoms with Gasteiger partial charge in [0.15, 0.2) is 0 Å². The Morgan fingerprint density at radius 2 is 1.62 bits per heavy atom. The first kappa shape index (κ1) is 15.1.